The highest BCUT2D eigenvalue weighted by Gasteiger charge is 2.16. The van der Waals surface area contributed by atoms with Crippen molar-refractivity contribution in [1.29, 1.82) is 0 Å². The van der Waals surface area contributed by atoms with Gasteiger partial charge in [0.2, 0.25) is 10.0 Å². The number of primary sulfonamides is 1. The summed E-state index contributed by atoms with van der Waals surface area (Å²) >= 11 is 6.71. The highest BCUT2D eigenvalue weighted by Crippen LogP contribution is 2.21. The Hall–Kier alpha value is -1.48. The first-order valence-electron chi connectivity index (χ1n) is 5.63. The van der Waals surface area contributed by atoms with E-state index >= 15 is 0 Å². The number of rotatable bonds is 4. The molecular formula is C12H10ClFN2O3S2. The van der Waals surface area contributed by atoms with Crippen LogP contribution in [0.1, 0.15) is 15.2 Å². The van der Waals surface area contributed by atoms with Gasteiger partial charge in [-0.1, -0.05) is 17.7 Å². The Morgan fingerprint density at radius 1 is 1.33 bits per heavy atom. The number of carbonyl (C=O) groups is 1. The zero-order valence-corrected chi connectivity index (χ0v) is 12.9. The predicted octanol–water partition coefficient (Wildman–Crippen LogP) is 2.12. The smallest absolute Gasteiger partial charge is 0.256 e. The molecule has 3 N–H and O–H groups in total. The third-order valence-corrected chi connectivity index (χ3v) is 5.37. The lowest BCUT2D eigenvalue weighted by Gasteiger charge is -2.06. The molecule has 0 spiro atoms. The molecule has 5 nitrogen and oxygen atoms in total. The Balaban J connectivity index is 2.10. The molecule has 9 heteroatoms. The number of nitrogens with two attached hydrogens (primary N) is 1. The summed E-state index contributed by atoms with van der Waals surface area (Å²) in [5, 5.41) is 7.46. The van der Waals surface area contributed by atoms with Crippen LogP contribution in [0.4, 0.5) is 4.39 Å². The van der Waals surface area contributed by atoms with Crippen molar-refractivity contribution in [3.63, 3.8) is 0 Å². The van der Waals surface area contributed by atoms with Gasteiger partial charge >= 0.3 is 0 Å². The van der Waals surface area contributed by atoms with Gasteiger partial charge in [0.25, 0.3) is 5.91 Å². The maximum atomic E-state index is 13.5. The van der Waals surface area contributed by atoms with Crippen LogP contribution in [-0.4, -0.2) is 14.3 Å². The first-order valence-corrected chi connectivity index (χ1v) is 8.37. The summed E-state index contributed by atoms with van der Waals surface area (Å²) in [6, 6.07) is 6.80. The van der Waals surface area contributed by atoms with Gasteiger partial charge in [-0.15, -0.1) is 11.3 Å². The molecule has 2 rings (SSSR count). The zero-order chi connectivity index (χ0) is 15.6. The molecule has 0 atom stereocenters. The summed E-state index contributed by atoms with van der Waals surface area (Å²) in [5.74, 6) is -1.40. The number of amides is 1. The van der Waals surface area contributed by atoms with E-state index in [1.807, 2.05) is 0 Å². The molecule has 112 valence electrons. The van der Waals surface area contributed by atoms with E-state index in [0.29, 0.717) is 4.88 Å². The highest BCUT2D eigenvalue weighted by molar-refractivity contribution is 7.91. The molecule has 1 amide bonds. The Labute approximate surface area is 129 Å². The van der Waals surface area contributed by atoms with E-state index in [1.54, 1.807) is 0 Å². The summed E-state index contributed by atoms with van der Waals surface area (Å²) in [7, 11) is -3.76. The van der Waals surface area contributed by atoms with E-state index in [-0.39, 0.29) is 21.3 Å². The minimum atomic E-state index is -3.76. The standard InChI is InChI=1S/C12H10ClFN2O3S2/c13-8-2-1-3-9(14)11(8)12(17)16-6-7-4-5-10(20-7)21(15,18)19/h1-5H,6H2,(H,16,17)(H2,15,18,19). The van der Waals surface area contributed by atoms with Crippen molar-refractivity contribution >= 4 is 38.9 Å². The average molecular weight is 349 g/mol. The number of hydrogen-bond donors (Lipinski definition) is 2. The van der Waals surface area contributed by atoms with Gasteiger partial charge in [0.05, 0.1) is 17.1 Å². The Bertz CT molecular complexity index is 769. The number of hydrogen-bond acceptors (Lipinski definition) is 4. The van der Waals surface area contributed by atoms with Crippen molar-refractivity contribution in [2.75, 3.05) is 0 Å². The normalized spacial score (nSPS) is 11.4. The van der Waals surface area contributed by atoms with Gasteiger partial charge in [-0.2, -0.15) is 0 Å². The summed E-state index contributed by atoms with van der Waals surface area (Å²) < 4.78 is 35.8. The minimum absolute atomic E-state index is 0.00362. The molecule has 0 radical (unpaired) electrons. The molecule has 0 aliphatic heterocycles. The molecule has 21 heavy (non-hydrogen) atoms. The van der Waals surface area contributed by atoms with Crippen molar-refractivity contribution in [3.8, 4) is 0 Å². The van der Waals surface area contributed by atoms with Crippen molar-refractivity contribution in [2.45, 2.75) is 10.8 Å². The lowest BCUT2D eigenvalue weighted by atomic mass is 10.2. The lowest BCUT2D eigenvalue weighted by Crippen LogP contribution is -2.23. The van der Waals surface area contributed by atoms with Crippen LogP contribution in [0, 0.1) is 5.82 Å². The van der Waals surface area contributed by atoms with Crippen LogP contribution in [0.15, 0.2) is 34.5 Å². The number of thiophene rings is 1. The van der Waals surface area contributed by atoms with Gasteiger partial charge in [-0.05, 0) is 24.3 Å². The molecule has 2 aromatic rings. The largest absolute Gasteiger partial charge is 0.347 e. The van der Waals surface area contributed by atoms with Gasteiger partial charge in [-0.3, -0.25) is 4.79 Å². The molecule has 0 saturated heterocycles. The lowest BCUT2D eigenvalue weighted by molar-refractivity contribution is 0.0947. The number of sulfonamides is 1. The monoisotopic (exact) mass is 348 g/mol. The summed E-state index contributed by atoms with van der Waals surface area (Å²) in [6.07, 6.45) is 0. The number of benzene rings is 1. The quantitative estimate of drug-likeness (QED) is 0.886. The fourth-order valence-electron chi connectivity index (χ4n) is 1.58. The summed E-state index contributed by atoms with van der Waals surface area (Å²) in [6.45, 7) is 0.0453. The van der Waals surface area contributed by atoms with Crippen molar-refractivity contribution in [1.82, 2.24) is 5.32 Å². The molecule has 0 bridgehead atoms. The first-order chi connectivity index (χ1) is 9.79. The zero-order valence-electron chi connectivity index (χ0n) is 10.5. The number of carbonyl (C=O) groups excluding carboxylic acids is 1. The third kappa shape index (κ3) is 3.79. The van der Waals surface area contributed by atoms with E-state index in [4.69, 9.17) is 16.7 Å². The Morgan fingerprint density at radius 2 is 2.05 bits per heavy atom. The maximum absolute atomic E-state index is 13.5. The molecular weight excluding hydrogens is 339 g/mol. The van der Waals surface area contributed by atoms with Crippen molar-refractivity contribution < 1.29 is 17.6 Å². The average Bonchev–Trinajstić information content (AvgIpc) is 2.84. The molecule has 0 unspecified atom stereocenters. The van der Waals surface area contributed by atoms with E-state index in [0.717, 1.165) is 17.4 Å². The maximum Gasteiger partial charge on any atom is 0.256 e. The molecule has 0 aliphatic rings. The highest BCUT2D eigenvalue weighted by atomic mass is 35.5. The Morgan fingerprint density at radius 3 is 2.62 bits per heavy atom. The first kappa shape index (κ1) is 15.9. The van der Waals surface area contributed by atoms with Gasteiger partial charge in [-0.25, -0.2) is 17.9 Å². The summed E-state index contributed by atoms with van der Waals surface area (Å²) in [5.41, 5.74) is -0.248. The second-order valence-electron chi connectivity index (χ2n) is 4.05. The van der Waals surface area contributed by atoms with Crippen LogP contribution in [0.25, 0.3) is 0 Å². The van der Waals surface area contributed by atoms with Crippen LogP contribution in [-0.2, 0) is 16.6 Å². The minimum Gasteiger partial charge on any atom is -0.347 e. The number of nitrogens with one attached hydrogen (secondary N) is 1. The summed E-state index contributed by atoms with van der Waals surface area (Å²) in [4.78, 5) is 12.5. The fraction of sp³-hybridized carbons (Fsp3) is 0.0833. The van der Waals surface area contributed by atoms with Crippen LogP contribution in [0.2, 0.25) is 5.02 Å². The molecule has 0 fully saturated rings. The SMILES string of the molecule is NS(=O)(=O)c1ccc(CNC(=O)c2c(F)cccc2Cl)s1. The van der Waals surface area contributed by atoms with Gasteiger partial charge in [0, 0.05) is 4.88 Å². The molecule has 1 heterocycles. The van der Waals surface area contributed by atoms with Gasteiger partial charge < -0.3 is 5.32 Å². The van der Waals surface area contributed by atoms with Crippen LogP contribution >= 0.6 is 22.9 Å². The van der Waals surface area contributed by atoms with E-state index in [9.17, 15) is 17.6 Å². The topological polar surface area (TPSA) is 89.3 Å². The fourth-order valence-corrected chi connectivity index (χ4v) is 3.54. The third-order valence-electron chi connectivity index (χ3n) is 2.53. The number of halogens is 2. The van der Waals surface area contributed by atoms with Gasteiger partial charge in [0.15, 0.2) is 0 Å². The van der Waals surface area contributed by atoms with Crippen LogP contribution in [0.5, 0.6) is 0 Å². The van der Waals surface area contributed by atoms with Crippen molar-refractivity contribution in [2.24, 2.45) is 5.14 Å². The van der Waals surface area contributed by atoms with E-state index < -0.39 is 21.7 Å². The van der Waals surface area contributed by atoms with Crippen LogP contribution < -0.4 is 10.5 Å². The second kappa shape index (κ2) is 6.10. The molecule has 1 aromatic heterocycles. The predicted molar refractivity (Wildman–Crippen MR) is 78.3 cm³/mol. The van der Waals surface area contributed by atoms with Crippen molar-refractivity contribution in [3.05, 3.63) is 51.6 Å². The van der Waals surface area contributed by atoms with Gasteiger partial charge in [0.1, 0.15) is 10.0 Å². The van der Waals surface area contributed by atoms with E-state index in [2.05, 4.69) is 5.32 Å². The molecule has 0 saturated carbocycles. The molecule has 1 aromatic carbocycles. The Kier molecular flexibility index (Phi) is 4.62. The van der Waals surface area contributed by atoms with E-state index in [1.165, 1.54) is 24.3 Å². The second-order valence-corrected chi connectivity index (χ2v) is 7.41. The molecule has 0 aliphatic carbocycles. The van der Waals surface area contributed by atoms with Crippen LogP contribution in [0.3, 0.4) is 0 Å².